The molecule has 2 N–H and O–H groups in total. The van der Waals surface area contributed by atoms with Crippen molar-refractivity contribution in [2.75, 3.05) is 26.8 Å². The molecular formula is C12H17BrN2O4S. The van der Waals surface area contributed by atoms with Crippen molar-refractivity contribution in [1.82, 2.24) is 10.2 Å². The van der Waals surface area contributed by atoms with Gasteiger partial charge >= 0.3 is 12.0 Å². The van der Waals surface area contributed by atoms with E-state index in [4.69, 9.17) is 9.84 Å². The number of nitrogens with one attached hydrogen (secondary N) is 1. The number of carboxylic acid groups (broad SMARTS) is 1. The van der Waals surface area contributed by atoms with E-state index in [2.05, 4.69) is 21.2 Å². The molecule has 1 aromatic rings. The minimum Gasteiger partial charge on any atom is -0.481 e. The van der Waals surface area contributed by atoms with E-state index in [1.165, 1.54) is 0 Å². The molecule has 1 rings (SSSR count). The average Bonchev–Trinajstić information content (AvgIpc) is 2.79. The molecular weight excluding hydrogens is 348 g/mol. The van der Waals surface area contributed by atoms with Crippen molar-refractivity contribution >= 4 is 39.3 Å². The van der Waals surface area contributed by atoms with E-state index < -0.39 is 5.97 Å². The fourth-order valence-electron chi connectivity index (χ4n) is 1.45. The van der Waals surface area contributed by atoms with E-state index >= 15 is 0 Å². The maximum atomic E-state index is 12.0. The van der Waals surface area contributed by atoms with Gasteiger partial charge in [-0.2, -0.15) is 0 Å². The largest absolute Gasteiger partial charge is 0.481 e. The summed E-state index contributed by atoms with van der Waals surface area (Å²) in [7, 11) is 1.57. The summed E-state index contributed by atoms with van der Waals surface area (Å²) in [4.78, 5) is 25.1. The van der Waals surface area contributed by atoms with Crippen LogP contribution in [0.15, 0.2) is 15.9 Å². The molecule has 1 heterocycles. The molecule has 0 aromatic carbocycles. The summed E-state index contributed by atoms with van der Waals surface area (Å²) in [6.45, 7) is 1.44. The topological polar surface area (TPSA) is 78.9 Å². The van der Waals surface area contributed by atoms with Crippen LogP contribution in [0.25, 0.3) is 0 Å². The maximum absolute atomic E-state index is 12.0. The predicted molar refractivity (Wildman–Crippen MR) is 80.0 cm³/mol. The third-order valence-corrected chi connectivity index (χ3v) is 4.40. The Labute approximate surface area is 129 Å². The van der Waals surface area contributed by atoms with Crippen LogP contribution in [-0.4, -0.2) is 48.8 Å². The fourth-order valence-corrected chi connectivity index (χ4v) is 2.95. The molecule has 0 bridgehead atoms. The van der Waals surface area contributed by atoms with Crippen molar-refractivity contribution in [3.63, 3.8) is 0 Å². The first-order chi connectivity index (χ1) is 9.54. The zero-order chi connectivity index (χ0) is 15.0. The number of carboxylic acids is 1. The SMILES string of the molecule is COCCN(Cc1sccc1Br)C(=O)NCCC(=O)O. The first-order valence-electron chi connectivity index (χ1n) is 6.00. The predicted octanol–water partition coefficient (Wildman–Crippen LogP) is 2.14. The zero-order valence-electron chi connectivity index (χ0n) is 11.1. The lowest BCUT2D eigenvalue weighted by molar-refractivity contribution is -0.136. The third kappa shape index (κ3) is 5.89. The van der Waals surface area contributed by atoms with Gasteiger partial charge in [0, 0.05) is 29.5 Å². The van der Waals surface area contributed by atoms with Crippen LogP contribution in [0, 0.1) is 0 Å². The number of aliphatic carboxylic acids is 1. The van der Waals surface area contributed by atoms with Gasteiger partial charge in [-0.3, -0.25) is 4.79 Å². The van der Waals surface area contributed by atoms with Gasteiger partial charge in [0.05, 0.1) is 19.6 Å². The lowest BCUT2D eigenvalue weighted by Gasteiger charge is -2.22. The molecule has 2 amide bonds. The zero-order valence-corrected chi connectivity index (χ0v) is 13.5. The number of carbonyl (C=O) groups excluding carboxylic acids is 1. The van der Waals surface area contributed by atoms with Crippen LogP contribution in [0.2, 0.25) is 0 Å². The third-order valence-electron chi connectivity index (χ3n) is 2.49. The Morgan fingerprint density at radius 2 is 2.30 bits per heavy atom. The molecule has 0 saturated carbocycles. The number of ether oxygens (including phenoxy) is 1. The molecule has 0 aliphatic rings. The Kier molecular flexibility index (Phi) is 7.56. The Morgan fingerprint density at radius 3 is 2.85 bits per heavy atom. The second-order valence-electron chi connectivity index (χ2n) is 3.98. The monoisotopic (exact) mass is 364 g/mol. The van der Waals surface area contributed by atoms with Crippen molar-refractivity contribution in [2.24, 2.45) is 0 Å². The summed E-state index contributed by atoms with van der Waals surface area (Å²) >= 11 is 4.98. The number of urea groups is 1. The Morgan fingerprint density at radius 1 is 1.55 bits per heavy atom. The van der Waals surface area contributed by atoms with Gasteiger partial charge in [0.15, 0.2) is 0 Å². The summed E-state index contributed by atoms with van der Waals surface area (Å²) in [6.07, 6.45) is -0.0907. The Bertz CT molecular complexity index is 452. The Hall–Kier alpha value is -1.12. The minimum absolute atomic E-state index is 0.0907. The van der Waals surface area contributed by atoms with E-state index in [1.54, 1.807) is 23.3 Å². The van der Waals surface area contributed by atoms with Gasteiger partial charge in [0.25, 0.3) is 0 Å². The second kappa shape index (κ2) is 8.93. The minimum atomic E-state index is -0.935. The number of amides is 2. The summed E-state index contributed by atoms with van der Waals surface area (Å²) in [6, 6.07) is 1.64. The van der Waals surface area contributed by atoms with Crippen molar-refractivity contribution in [3.05, 3.63) is 20.8 Å². The summed E-state index contributed by atoms with van der Waals surface area (Å²) < 4.78 is 5.95. The van der Waals surface area contributed by atoms with Gasteiger partial charge in [-0.25, -0.2) is 4.79 Å². The quantitative estimate of drug-likeness (QED) is 0.740. The number of thiophene rings is 1. The van der Waals surface area contributed by atoms with E-state index in [-0.39, 0.29) is 19.0 Å². The smallest absolute Gasteiger partial charge is 0.317 e. The van der Waals surface area contributed by atoms with E-state index in [1.807, 2.05) is 11.4 Å². The summed E-state index contributed by atoms with van der Waals surface area (Å²) in [5.74, 6) is -0.935. The number of rotatable bonds is 8. The Balaban J connectivity index is 2.56. The van der Waals surface area contributed by atoms with Gasteiger partial charge in [-0.05, 0) is 27.4 Å². The normalized spacial score (nSPS) is 10.3. The first kappa shape index (κ1) is 16.9. The molecule has 6 nitrogen and oxygen atoms in total. The van der Waals surface area contributed by atoms with Crippen LogP contribution in [0.1, 0.15) is 11.3 Å². The number of methoxy groups -OCH3 is 1. The van der Waals surface area contributed by atoms with Gasteiger partial charge in [-0.15, -0.1) is 11.3 Å². The van der Waals surface area contributed by atoms with Gasteiger partial charge in [0.1, 0.15) is 0 Å². The molecule has 0 aliphatic heterocycles. The van der Waals surface area contributed by atoms with Crippen molar-refractivity contribution in [3.8, 4) is 0 Å². The van der Waals surface area contributed by atoms with Gasteiger partial charge < -0.3 is 20.1 Å². The fraction of sp³-hybridized carbons (Fsp3) is 0.500. The van der Waals surface area contributed by atoms with Crippen molar-refractivity contribution in [1.29, 1.82) is 0 Å². The molecule has 0 aliphatic carbocycles. The highest BCUT2D eigenvalue weighted by Gasteiger charge is 2.15. The van der Waals surface area contributed by atoms with E-state index in [0.717, 1.165) is 9.35 Å². The highest BCUT2D eigenvalue weighted by molar-refractivity contribution is 9.10. The number of halogens is 1. The summed E-state index contributed by atoms with van der Waals surface area (Å²) in [5.41, 5.74) is 0. The van der Waals surface area contributed by atoms with Crippen LogP contribution in [-0.2, 0) is 16.1 Å². The average molecular weight is 365 g/mol. The molecule has 0 atom stereocenters. The second-order valence-corrected chi connectivity index (χ2v) is 5.84. The van der Waals surface area contributed by atoms with Crippen molar-refractivity contribution in [2.45, 2.75) is 13.0 Å². The molecule has 0 unspecified atom stereocenters. The van der Waals surface area contributed by atoms with E-state index in [9.17, 15) is 9.59 Å². The standard InChI is InChI=1S/C12H17BrN2O4S/c1-19-6-5-15(8-10-9(13)3-7-20-10)12(18)14-4-2-11(16)17/h3,7H,2,4-6,8H2,1H3,(H,14,18)(H,16,17). The molecule has 0 saturated heterocycles. The number of nitrogens with zero attached hydrogens (tertiary/aromatic N) is 1. The molecule has 8 heteroatoms. The number of carbonyl (C=O) groups is 2. The van der Waals surface area contributed by atoms with Crippen LogP contribution < -0.4 is 5.32 Å². The lowest BCUT2D eigenvalue weighted by atomic mass is 10.4. The number of hydrogen-bond acceptors (Lipinski definition) is 4. The first-order valence-corrected chi connectivity index (χ1v) is 7.67. The van der Waals surface area contributed by atoms with Crippen molar-refractivity contribution < 1.29 is 19.4 Å². The molecule has 0 radical (unpaired) electrons. The number of hydrogen-bond donors (Lipinski definition) is 2. The van der Waals surface area contributed by atoms with Crippen LogP contribution >= 0.6 is 27.3 Å². The summed E-state index contributed by atoms with van der Waals surface area (Å²) in [5, 5.41) is 13.1. The van der Waals surface area contributed by atoms with Gasteiger partial charge in [0.2, 0.25) is 0 Å². The van der Waals surface area contributed by atoms with Crippen LogP contribution in [0.3, 0.4) is 0 Å². The molecule has 112 valence electrons. The van der Waals surface area contributed by atoms with Gasteiger partial charge in [-0.1, -0.05) is 0 Å². The lowest BCUT2D eigenvalue weighted by Crippen LogP contribution is -2.41. The maximum Gasteiger partial charge on any atom is 0.317 e. The highest BCUT2D eigenvalue weighted by Crippen LogP contribution is 2.24. The van der Waals surface area contributed by atoms with Crippen LogP contribution in [0.4, 0.5) is 4.79 Å². The molecule has 20 heavy (non-hydrogen) atoms. The molecule has 0 fully saturated rings. The van der Waals surface area contributed by atoms with E-state index in [0.29, 0.717) is 19.7 Å². The molecule has 1 aromatic heterocycles. The molecule has 0 spiro atoms. The van der Waals surface area contributed by atoms with Crippen LogP contribution in [0.5, 0.6) is 0 Å². The highest BCUT2D eigenvalue weighted by atomic mass is 79.9.